The summed E-state index contributed by atoms with van der Waals surface area (Å²) >= 11 is 0. The predicted octanol–water partition coefficient (Wildman–Crippen LogP) is 3.67. The molecule has 2 aliphatic rings. The quantitative estimate of drug-likeness (QED) is 0.837. The minimum atomic E-state index is -4.24. The summed E-state index contributed by atoms with van der Waals surface area (Å²) in [6, 6.07) is 0.393. The van der Waals surface area contributed by atoms with Crippen LogP contribution in [0.5, 0.6) is 0 Å². The molecule has 3 nitrogen and oxygen atoms in total. The lowest BCUT2D eigenvalue weighted by atomic mass is 9.86. The molecule has 2 rings (SSSR count). The van der Waals surface area contributed by atoms with Gasteiger partial charge in [-0.15, -0.1) is 0 Å². The zero-order chi connectivity index (χ0) is 16.2. The van der Waals surface area contributed by atoms with Crippen LogP contribution in [0.2, 0.25) is 0 Å². The second kappa shape index (κ2) is 7.97. The Kier molecular flexibility index (Phi) is 6.53. The summed E-state index contributed by atoms with van der Waals surface area (Å²) in [4.78, 5) is 0. The molecule has 1 aliphatic carbocycles. The van der Waals surface area contributed by atoms with Gasteiger partial charge in [-0.2, -0.15) is 13.2 Å². The molecule has 0 aromatic heterocycles. The number of nitrogens with one attached hydrogen (secondary N) is 1. The van der Waals surface area contributed by atoms with Gasteiger partial charge >= 0.3 is 6.18 Å². The summed E-state index contributed by atoms with van der Waals surface area (Å²) in [5, 5.41) is 3.54. The zero-order valence-electron chi connectivity index (χ0n) is 13.5. The first-order chi connectivity index (χ1) is 10.3. The fraction of sp³-hybridized carbons (Fsp3) is 1.00. The second-order valence-electron chi connectivity index (χ2n) is 6.84. The van der Waals surface area contributed by atoms with Crippen LogP contribution in [0.25, 0.3) is 0 Å². The van der Waals surface area contributed by atoms with E-state index in [0.29, 0.717) is 6.04 Å². The van der Waals surface area contributed by atoms with E-state index in [1.165, 1.54) is 0 Å². The lowest BCUT2D eigenvalue weighted by molar-refractivity contribution is -0.193. The summed E-state index contributed by atoms with van der Waals surface area (Å²) in [6.07, 6.45) is 1.64. The van der Waals surface area contributed by atoms with Crippen LogP contribution in [0.15, 0.2) is 0 Å². The average Bonchev–Trinajstić information content (AvgIpc) is 2.42. The minimum Gasteiger partial charge on any atom is -0.375 e. The Labute approximate surface area is 130 Å². The summed E-state index contributed by atoms with van der Waals surface area (Å²) in [5.41, 5.74) is 0. The fourth-order valence-corrected chi connectivity index (χ4v) is 3.72. The van der Waals surface area contributed by atoms with Gasteiger partial charge < -0.3 is 14.8 Å². The number of alkyl halides is 3. The highest BCUT2D eigenvalue weighted by atomic mass is 19.4. The molecule has 130 valence electrons. The van der Waals surface area contributed by atoms with E-state index in [-0.39, 0.29) is 24.2 Å². The van der Waals surface area contributed by atoms with Gasteiger partial charge in [-0.3, -0.25) is 0 Å². The molecule has 1 saturated heterocycles. The standard InChI is InChI=1S/C16H28F3NO2/c1-11-7-14(8-12(2)22-11)20-9-13-5-3-4-6-15(13)21-10-16(17,18)19/h11-15,20H,3-10H2,1-2H3/t11-,12+,13-,14?,15-/m0/s1. The van der Waals surface area contributed by atoms with Crippen LogP contribution in [0.3, 0.4) is 0 Å². The SMILES string of the molecule is C[C@@H]1CC(NC[C@@H]2CCCC[C@@H]2OCC(F)(F)F)C[C@H](C)O1. The van der Waals surface area contributed by atoms with Gasteiger partial charge in [0.15, 0.2) is 0 Å². The predicted molar refractivity (Wildman–Crippen MR) is 78.8 cm³/mol. The van der Waals surface area contributed by atoms with Crippen molar-refractivity contribution in [1.29, 1.82) is 0 Å². The van der Waals surface area contributed by atoms with Gasteiger partial charge in [0.1, 0.15) is 6.61 Å². The number of rotatable bonds is 5. The van der Waals surface area contributed by atoms with Crippen LogP contribution in [0.1, 0.15) is 52.4 Å². The Morgan fingerprint density at radius 2 is 1.73 bits per heavy atom. The number of hydrogen-bond donors (Lipinski definition) is 1. The highest BCUT2D eigenvalue weighted by molar-refractivity contribution is 4.83. The van der Waals surface area contributed by atoms with Crippen LogP contribution in [-0.4, -0.2) is 43.7 Å². The molecule has 22 heavy (non-hydrogen) atoms. The first kappa shape index (κ1) is 18.0. The lowest BCUT2D eigenvalue weighted by Crippen LogP contribution is -2.45. The monoisotopic (exact) mass is 323 g/mol. The topological polar surface area (TPSA) is 30.5 Å². The molecule has 2 fully saturated rings. The number of hydrogen-bond acceptors (Lipinski definition) is 3. The third-order valence-electron chi connectivity index (χ3n) is 4.67. The highest BCUT2D eigenvalue weighted by Gasteiger charge is 2.33. The Hall–Kier alpha value is -0.330. The Balaban J connectivity index is 1.78. The van der Waals surface area contributed by atoms with Crippen LogP contribution < -0.4 is 5.32 Å². The zero-order valence-corrected chi connectivity index (χ0v) is 13.5. The van der Waals surface area contributed by atoms with E-state index in [0.717, 1.165) is 45.1 Å². The molecule has 1 aliphatic heterocycles. The van der Waals surface area contributed by atoms with Gasteiger partial charge in [-0.25, -0.2) is 0 Å². The van der Waals surface area contributed by atoms with Crippen LogP contribution in [-0.2, 0) is 9.47 Å². The first-order valence-electron chi connectivity index (χ1n) is 8.40. The maximum absolute atomic E-state index is 12.3. The van der Waals surface area contributed by atoms with Crippen molar-refractivity contribution in [2.45, 2.75) is 82.9 Å². The summed E-state index contributed by atoms with van der Waals surface area (Å²) < 4.78 is 47.9. The third kappa shape index (κ3) is 6.05. The minimum absolute atomic E-state index is 0.185. The van der Waals surface area contributed by atoms with Gasteiger partial charge in [0, 0.05) is 12.6 Å². The van der Waals surface area contributed by atoms with Gasteiger partial charge in [0.05, 0.1) is 18.3 Å². The molecule has 0 amide bonds. The number of ether oxygens (including phenoxy) is 2. The molecule has 1 heterocycles. The van der Waals surface area contributed by atoms with Crippen molar-refractivity contribution in [1.82, 2.24) is 5.32 Å². The normalized spacial score (nSPS) is 37.2. The van der Waals surface area contributed by atoms with Crippen molar-refractivity contribution in [2.75, 3.05) is 13.2 Å². The van der Waals surface area contributed by atoms with Gasteiger partial charge in [-0.05, 0) is 45.4 Å². The molecular weight excluding hydrogens is 295 g/mol. The van der Waals surface area contributed by atoms with Gasteiger partial charge in [-0.1, -0.05) is 12.8 Å². The first-order valence-corrected chi connectivity index (χ1v) is 8.40. The highest BCUT2D eigenvalue weighted by Crippen LogP contribution is 2.29. The maximum Gasteiger partial charge on any atom is 0.411 e. The van der Waals surface area contributed by atoms with Crippen molar-refractivity contribution in [3.8, 4) is 0 Å². The smallest absolute Gasteiger partial charge is 0.375 e. The molecule has 1 saturated carbocycles. The van der Waals surface area contributed by atoms with E-state index < -0.39 is 12.8 Å². The fourth-order valence-electron chi connectivity index (χ4n) is 3.72. The van der Waals surface area contributed by atoms with Crippen molar-refractivity contribution < 1.29 is 22.6 Å². The van der Waals surface area contributed by atoms with Crippen LogP contribution in [0, 0.1) is 5.92 Å². The van der Waals surface area contributed by atoms with E-state index in [2.05, 4.69) is 19.2 Å². The molecule has 0 spiro atoms. The van der Waals surface area contributed by atoms with Crippen molar-refractivity contribution in [3.05, 3.63) is 0 Å². The van der Waals surface area contributed by atoms with E-state index in [4.69, 9.17) is 9.47 Å². The van der Waals surface area contributed by atoms with Crippen LogP contribution >= 0.6 is 0 Å². The molecule has 0 bridgehead atoms. The summed E-state index contributed by atoms with van der Waals surface area (Å²) in [5.74, 6) is 0.185. The van der Waals surface area contributed by atoms with E-state index in [1.54, 1.807) is 0 Å². The molecule has 0 radical (unpaired) electrons. The van der Waals surface area contributed by atoms with Crippen molar-refractivity contribution >= 4 is 0 Å². The van der Waals surface area contributed by atoms with E-state index in [1.807, 2.05) is 0 Å². The summed E-state index contributed by atoms with van der Waals surface area (Å²) in [7, 11) is 0. The van der Waals surface area contributed by atoms with Gasteiger partial charge in [0.25, 0.3) is 0 Å². The average molecular weight is 323 g/mol. The molecular formula is C16H28F3NO2. The van der Waals surface area contributed by atoms with Crippen LogP contribution in [0.4, 0.5) is 13.2 Å². The lowest BCUT2D eigenvalue weighted by Gasteiger charge is -2.36. The summed E-state index contributed by atoms with van der Waals surface area (Å²) in [6.45, 7) is 3.76. The Morgan fingerprint density at radius 1 is 1.09 bits per heavy atom. The molecule has 6 heteroatoms. The number of halogens is 3. The molecule has 5 atom stereocenters. The Morgan fingerprint density at radius 3 is 2.36 bits per heavy atom. The maximum atomic E-state index is 12.3. The van der Waals surface area contributed by atoms with E-state index >= 15 is 0 Å². The third-order valence-corrected chi connectivity index (χ3v) is 4.67. The Bertz CT molecular complexity index is 328. The van der Waals surface area contributed by atoms with Crippen molar-refractivity contribution in [3.63, 3.8) is 0 Å². The molecule has 0 aromatic rings. The van der Waals surface area contributed by atoms with E-state index in [9.17, 15) is 13.2 Å². The largest absolute Gasteiger partial charge is 0.411 e. The molecule has 1 unspecified atom stereocenters. The molecule has 0 aromatic carbocycles. The van der Waals surface area contributed by atoms with Gasteiger partial charge in [0.2, 0.25) is 0 Å². The van der Waals surface area contributed by atoms with Crippen molar-refractivity contribution in [2.24, 2.45) is 5.92 Å². The second-order valence-corrected chi connectivity index (χ2v) is 6.84. The molecule has 1 N–H and O–H groups in total.